The van der Waals surface area contributed by atoms with Gasteiger partial charge in [-0.1, -0.05) is 44.9 Å². The molecule has 0 aromatic heterocycles. The summed E-state index contributed by atoms with van der Waals surface area (Å²) in [5, 5.41) is 8.95. The molecule has 102 valence electrons. The summed E-state index contributed by atoms with van der Waals surface area (Å²) in [4.78, 5) is 0. The van der Waals surface area contributed by atoms with Crippen molar-refractivity contribution in [3.8, 4) is 0 Å². The highest BCUT2D eigenvalue weighted by atomic mass is 16.2. The van der Waals surface area contributed by atoms with Crippen molar-refractivity contribution in [3.05, 3.63) is 34.9 Å². The summed E-state index contributed by atoms with van der Waals surface area (Å²) < 4.78 is 0. The molecule has 0 bridgehead atoms. The van der Waals surface area contributed by atoms with Crippen LogP contribution >= 0.6 is 0 Å². The third-order valence-electron chi connectivity index (χ3n) is 3.37. The summed E-state index contributed by atoms with van der Waals surface area (Å²) in [6, 6.07) is 7.05. The predicted octanol–water partition coefficient (Wildman–Crippen LogP) is 4.30. The minimum atomic E-state index is 0.295. The Bertz CT molecular complexity index is 266. The normalized spacial score (nSPS) is 10.8. The fraction of sp³-hybridized carbons (Fsp3) is 0.647. The summed E-state index contributed by atoms with van der Waals surface area (Å²) >= 11 is 0. The fourth-order valence-electron chi connectivity index (χ4n) is 2.32. The molecule has 0 spiro atoms. The summed E-state index contributed by atoms with van der Waals surface area (Å²) in [5.41, 5.74) is 4.38. The number of rotatable bonds is 9. The molecular formula is C17H28O. The van der Waals surface area contributed by atoms with E-state index in [4.69, 9.17) is 5.11 Å². The third kappa shape index (κ3) is 5.68. The molecule has 0 radical (unpaired) electrons. The van der Waals surface area contributed by atoms with E-state index in [-0.39, 0.29) is 0 Å². The molecule has 1 heteroatoms. The van der Waals surface area contributed by atoms with Crippen LogP contribution in [-0.4, -0.2) is 11.7 Å². The van der Waals surface area contributed by atoms with Crippen LogP contribution in [0.5, 0.6) is 0 Å². The molecule has 0 heterocycles. The average Bonchev–Trinajstić information content (AvgIpc) is 2.40. The molecule has 0 amide bonds. The number of benzene rings is 1. The largest absolute Gasteiger partial charge is 0.396 e. The Morgan fingerprint density at radius 2 is 1.11 bits per heavy atom. The van der Waals surface area contributed by atoms with E-state index in [0.717, 1.165) is 12.8 Å². The van der Waals surface area contributed by atoms with Crippen molar-refractivity contribution in [1.82, 2.24) is 0 Å². The van der Waals surface area contributed by atoms with Gasteiger partial charge in [0, 0.05) is 6.61 Å². The van der Waals surface area contributed by atoms with E-state index in [2.05, 4.69) is 32.0 Å². The zero-order valence-electron chi connectivity index (χ0n) is 12.0. The van der Waals surface area contributed by atoms with Gasteiger partial charge in [-0.25, -0.2) is 0 Å². The standard InChI is InChI=1S/C17H28O/c1-3-5-8-15-12-16(9-6-4-2)14-17(13-15)10-7-11-18/h12-14,18H,3-11H2,1-2H3. The molecule has 0 unspecified atom stereocenters. The Balaban J connectivity index is 2.74. The first-order valence-corrected chi connectivity index (χ1v) is 7.52. The van der Waals surface area contributed by atoms with Crippen LogP contribution in [0.2, 0.25) is 0 Å². The molecule has 1 aromatic carbocycles. The van der Waals surface area contributed by atoms with E-state index < -0.39 is 0 Å². The van der Waals surface area contributed by atoms with E-state index in [1.807, 2.05) is 0 Å². The van der Waals surface area contributed by atoms with Crippen LogP contribution < -0.4 is 0 Å². The summed E-state index contributed by atoms with van der Waals surface area (Å²) in [7, 11) is 0. The van der Waals surface area contributed by atoms with Gasteiger partial charge in [0.25, 0.3) is 0 Å². The highest BCUT2D eigenvalue weighted by Gasteiger charge is 2.02. The van der Waals surface area contributed by atoms with E-state index in [9.17, 15) is 0 Å². The third-order valence-corrected chi connectivity index (χ3v) is 3.37. The maximum absolute atomic E-state index is 8.95. The van der Waals surface area contributed by atoms with Crippen molar-refractivity contribution in [3.63, 3.8) is 0 Å². The number of hydrogen-bond donors (Lipinski definition) is 1. The monoisotopic (exact) mass is 248 g/mol. The fourth-order valence-corrected chi connectivity index (χ4v) is 2.32. The van der Waals surface area contributed by atoms with Crippen LogP contribution in [-0.2, 0) is 19.3 Å². The number of aliphatic hydroxyl groups is 1. The lowest BCUT2D eigenvalue weighted by Gasteiger charge is -2.09. The lowest BCUT2D eigenvalue weighted by molar-refractivity contribution is 0.288. The Labute approximate surface area is 112 Å². The summed E-state index contributed by atoms with van der Waals surface area (Å²) in [6.07, 6.45) is 9.34. The minimum absolute atomic E-state index is 0.295. The summed E-state index contributed by atoms with van der Waals surface area (Å²) in [6.45, 7) is 4.78. The van der Waals surface area contributed by atoms with Gasteiger partial charge in [-0.3, -0.25) is 0 Å². The molecule has 1 rings (SSSR count). The van der Waals surface area contributed by atoms with Crippen LogP contribution in [0.1, 0.15) is 62.6 Å². The van der Waals surface area contributed by atoms with Crippen molar-refractivity contribution in [1.29, 1.82) is 0 Å². The molecule has 0 aliphatic heterocycles. The molecular weight excluding hydrogens is 220 g/mol. The smallest absolute Gasteiger partial charge is 0.0434 e. The molecule has 18 heavy (non-hydrogen) atoms. The molecule has 0 saturated carbocycles. The van der Waals surface area contributed by atoms with Crippen LogP contribution in [0, 0.1) is 0 Å². The van der Waals surface area contributed by atoms with Crippen LogP contribution in [0.25, 0.3) is 0 Å². The van der Waals surface area contributed by atoms with Gasteiger partial charge in [0.2, 0.25) is 0 Å². The van der Waals surface area contributed by atoms with Crippen LogP contribution in [0.15, 0.2) is 18.2 Å². The van der Waals surface area contributed by atoms with Gasteiger partial charge >= 0.3 is 0 Å². The van der Waals surface area contributed by atoms with E-state index >= 15 is 0 Å². The maximum Gasteiger partial charge on any atom is 0.0434 e. The number of aryl methyl sites for hydroxylation is 3. The topological polar surface area (TPSA) is 20.2 Å². The highest BCUT2D eigenvalue weighted by Crippen LogP contribution is 2.16. The second kappa shape index (κ2) is 9.16. The van der Waals surface area contributed by atoms with Gasteiger partial charge in [-0.2, -0.15) is 0 Å². The summed E-state index contributed by atoms with van der Waals surface area (Å²) in [5.74, 6) is 0. The van der Waals surface area contributed by atoms with Gasteiger partial charge in [-0.15, -0.1) is 0 Å². The number of hydrogen-bond acceptors (Lipinski definition) is 1. The number of aliphatic hydroxyl groups excluding tert-OH is 1. The Hall–Kier alpha value is -0.820. The van der Waals surface area contributed by atoms with Gasteiger partial charge in [0.05, 0.1) is 0 Å². The number of unbranched alkanes of at least 4 members (excludes halogenated alkanes) is 2. The van der Waals surface area contributed by atoms with Gasteiger partial charge in [0.15, 0.2) is 0 Å². The molecule has 1 aromatic rings. The zero-order valence-corrected chi connectivity index (χ0v) is 12.0. The molecule has 0 aliphatic carbocycles. The molecule has 0 aliphatic rings. The first kappa shape index (κ1) is 15.2. The van der Waals surface area contributed by atoms with E-state index in [1.54, 1.807) is 0 Å². The zero-order chi connectivity index (χ0) is 13.2. The van der Waals surface area contributed by atoms with E-state index in [0.29, 0.717) is 6.61 Å². The first-order chi connectivity index (χ1) is 8.80. The van der Waals surface area contributed by atoms with Crippen molar-refractivity contribution >= 4 is 0 Å². The van der Waals surface area contributed by atoms with Gasteiger partial charge in [0.1, 0.15) is 0 Å². The van der Waals surface area contributed by atoms with Crippen molar-refractivity contribution in [2.45, 2.75) is 65.2 Å². The van der Waals surface area contributed by atoms with Gasteiger partial charge < -0.3 is 5.11 Å². The Morgan fingerprint density at radius 1 is 0.722 bits per heavy atom. The van der Waals surface area contributed by atoms with Crippen molar-refractivity contribution in [2.75, 3.05) is 6.61 Å². The molecule has 0 fully saturated rings. The second-order valence-electron chi connectivity index (χ2n) is 5.19. The van der Waals surface area contributed by atoms with Crippen molar-refractivity contribution in [2.24, 2.45) is 0 Å². The minimum Gasteiger partial charge on any atom is -0.396 e. The Morgan fingerprint density at radius 3 is 1.44 bits per heavy atom. The maximum atomic E-state index is 8.95. The van der Waals surface area contributed by atoms with Crippen LogP contribution in [0.4, 0.5) is 0 Å². The lowest BCUT2D eigenvalue weighted by Crippen LogP contribution is -1.96. The lowest BCUT2D eigenvalue weighted by atomic mass is 9.97. The van der Waals surface area contributed by atoms with Gasteiger partial charge in [-0.05, 0) is 55.2 Å². The highest BCUT2D eigenvalue weighted by molar-refractivity contribution is 5.30. The second-order valence-corrected chi connectivity index (χ2v) is 5.19. The molecule has 0 saturated heterocycles. The average molecular weight is 248 g/mol. The predicted molar refractivity (Wildman–Crippen MR) is 79.1 cm³/mol. The molecule has 1 N–H and O–H groups in total. The Kier molecular flexibility index (Phi) is 7.75. The molecule has 0 atom stereocenters. The quantitative estimate of drug-likeness (QED) is 0.691. The SMILES string of the molecule is CCCCc1cc(CCCC)cc(CCCO)c1. The molecule has 1 nitrogen and oxygen atoms in total. The van der Waals surface area contributed by atoms with E-state index in [1.165, 1.54) is 55.2 Å². The first-order valence-electron chi connectivity index (χ1n) is 7.52. The van der Waals surface area contributed by atoms with Crippen molar-refractivity contribution < 1.29 is 5.11 Å². The van der Waals surface area contributed by atoms with Crippen LogP contribution in [0.3, 0.4) is 0 Å².